The van der Waals surface area contributed by atoms with E-state index < -0.39 is 0 Å². The molecule has 3 aromatic heterocycles. The Morgan fingerprint density at radius 2 is 2.08 bits per heavy atom. The van der Waals surface area contributed by atoms with Crippen LogP contribution in [0.4, 0.5) is 11.8 Å². The van der Waals surface area contributed by atoms with Crippen molar-refractivity contribution in [2.24, 2.45) is 0 Å². The van der Waals surface area contributed by atoms with Crippen molar-refractivity contribution in [2.45, 2.75) is 19.5 Å². The highest BCUT2D eigenvalue weighted by Crippen LogP contribution is 2.20. The maximum atomic E-state index is 9.22. The summed E-state index contributed by atoms with van der Waals surface area (Å²) in [5.74, 6) is 1.89. The number of anilines is 2. The second-order valence-electron chi connectivity index (χ2n) is 5.34. The van der Waals surface area contributed by atoms with E-state index in [1.807, 2.05) is 43.3 Å². The van der Waals surface area contributed by atoms with E-state index in [9.17, 15) is 5.11 Å². The van der Waals surface area contributed by atoms with Gasteiger partial charge in [0.1, 0.15) is 11.6 Å². The van der Waals surface area contributed by atoms with Gasteiger partial charge < -0.3 is 20.2 Å². The van der Waals surface area contributed by atoms with Gasteiger partial charge in [0.05, 0.1) is 30.8 Å². The molecule has 24 heavy (non-hydrogen) atoms. The largest absolute Gasteiger partial charge is 0.467 e. The lowest BCUT2D eigenvalue weighted by Gasteiger charge is -2.13. The van der Waals surface area contributed by atoms with Crippen LogP contribution in [0.15, 0.2) is 53.3 Å². The van der Waals surface area contributed by atoms with Crippen LogP contribution < -0.4 is 10.6 Å². The van der Waals surface area contributed by atoms with Crippen molar-refractivity contribution in [3.05, 3.63) is 54.6 Å². The predicted octanol–water partition coefficient (Wildman–Crippen LogP) is 2.54. The lowest BCUT2D eigenvalue weighted by Crippen LogP contribution is -2.21. The molecular formula is C17H19N5O2. The summed E-state index contributed by atoms with van der Waals surface area (Å²) in [7, 11) is 0. The molecule has 0 unspecified atom stereocenters. The minimum absolute atomic E-state index is 0.00761. The molecule has 0 aliphatic carbocycles. The van der Waals surface area contributed by atoms with Crippen molar-refractivity contribution in [3.8, 4) is 11.4 Å². The second kappa shape index (κ2) is 7.56. The maximum absolute atomic E-state index is 9.22. The van der Waals surface area contributed by atoms with Crippen molar-refractivity contribution in [1.29, 1.82) is 0 Å². The molecule has 3 aromatic rings. The molecule has 7 heteroatoms. The topological polar surface area (TPSA) is 96.1 Å². The monoisotopic (exact) mass is 325 g/mol. The highest BCUT2D eigenvalue weighted by Gasteiger charge is 2.10. The van der Waals surface area contributed by atoms with Gasteiger partial charge in [0.15, 0.2) is 0 Å². The van der Waals surface area contributed by atoms with E-state index in [1.54, 1.807) is 12.5 Å². The van der Waals surface area contributed by atoms with Crippen molar-refractivity contribution in [1.82, 2.24) is 15.0 Å². The van der Waals surface area contributed by atoms with Crippen LogP contribution in [-0.2, 0) is 6.54 Å². The third-order valence-electron chi connectivity index (χ3n) is 3.33. The molecule has 0 fully saturated rings. The number of nitrogens with one attached hydrogen (secondary N) is 2. The van der Waals surface area contributed by atoms with Crippen molar-refractivity contribution < 1.29 is 9.52 Å². The Kier molecular flexibility index (Phi) is 5.02. The Morgan fingerprint density at radius 3 is 2.79 bits per heavy atom. The van der Waals surface area contributed by atoms with E-state index in [0.717, 1.165) is 11.5 Å². The van der Waals surface area contributed by atoms with Crippen molar-refractivity contribution in [3.63, 3.8) is 0 Å². The first-order valence-electron chi connectivity index (χ1n) is 7.69. The fourth-order valence-electron chi connectivity index (χ4n) is 2.10. The van der Waals surface area contributed by atoms with E-state index in [4.69, 9.17) is 4.42 Å². The molecule has 0 saturated heterocycles. The van der Waals surface area contributed by atoms with Crippen molar-refractivity contribution >= 4 is 11.8 Å². The van der Waals surface area contributed by atoms with Gasteiger partial charge in [-0.15, -0.1) is 0 Å². The Bertz CT molecular complexity index is 762. The fraction of sp³-hybridized carbons (Fsp3) is 0.235. The number of aliphatic hydroxyl groups excluding tert-OH is 1. The van der Waals surface area contributed by atoms with Crippen LogP contribution in [0, 0.1) is 0 Å². The zero-order valence-corrected chi connectivity index (χ0v) is 13.3. The molecule has 0 bridgehead atoms. The number of rotatable bonds is 7. The molecular weight excluding hydrogens is 306 g/mol. The number of aliphatic hydroxyl groups is 1. The zero-order chi connectivity index (χ0) is 16.8. The predicted molar refractivity (Wildman–Crippen MR) is 91.5 cm³/mol. The standard InChI is InChI=1S/C17H19N5O2/c1-12(11-23)20-17-21-15(14-6-2-3-7-18-14)9-16(22-17)19-10-13-5-4-8-24-13/h2-9,12,23H,10-11H2,1H3,(H2,19,20,21,22)/t12-/m0/s1. The van der Waals surface area contributed by atoms with Gasteiger partial charge in [-0.25, -0.2) is 4.98 Å². The highest BCUT2D eigenvalue weighted by molar-refractivity contribution is 5.61. The average Bonchev–Trinajstić information content (AvgIpc) is 3.14. The minimum Gasteiger partial charge on any atom is -0.467 e. The smallest absolute Gasteiger partial charge is 0.225 e. The first kappa shape index (κ1) is 15.9. The molecule has 0 spiro atoms. The van der Waals surface area contributed by atoms with E-state index in [-0.39, 0.29) is 12.6 Å². The molecule has 0 amide bonds. The summed E-state index contributed by atoms with van der Waals surface area (Å²) in [5.41, 5.74) is 1.45. The molecule has 124 valence electrons. The Hall–Kier alpha value is -2.93. The Labute approximate surface area is 139 Å². The number of pyridine rings is 1. The number of hydrogen-bond acceptors (Lipinski definition) is 7. The molecule has 3 rings (SSSR count). The van der Waals surface area contributed by atoms with Gasteiger partial charge in [0, 0.05) is 18.3 Å². The highest BCUT2D eigenvalue weighted by atomic mass is 16.3. The van der Waals surface area contributed by atoms with Gasteiger partial charge in [-0.1, -0.05) is 6.07 Å². The summed E-state index contributed by atoms with van der Waals surface area (Å²) in [6, 6.07) is 11.1. The number of nitrogens with zero attached hydrogens (tertiary/aromatic N) is 3. The SMILES string of the molecule is C[C@@H](CO)Nc1nc(NCc2ccco2)cc(-c2ccccn2)n1. The van der Waals surface area contributed by atoms with E-state index >= 15 is 0 Å². The summed E-state index contributed by atoms with van der Waals surface area (Å²) in [6.07, 6.45) is 3.35. The van der Waals surface area contributed by atoms with Gasteiger partial charge in [0.2, 0.25) is 5.95 Å². The number of hydrogen-bond donors (Lipinski definition) is 3. The van der Waals surface area contributed by atoms with Gasteiger partial charge >= 0.3 is 0 Å². The van der Waals surface area contributed by atoms with E-state index in [1.165, 1.54) is 0 Å². The summed E-state index contributed by atoms with van der Waals surface area (Å²) >= 11 is 0. The van der Waals surface area contributed by atoms with Gasteiger partial charge in [-0.05, 0) is 31.2 Å². The average molecular weight is 325 g/mol. The van der Waals surface area contributed by atoms with Crippen LogP contribution in [-0.4, -0.2) is 32.7 Å². The van der Waals surface area contributed by atoms with Gasteiger partial charge in [-0.2, -0.15) is 4.98 Å². The Morgan fingerprint density at radius 1 is 1.17 bits per heavy atom. The zero-order valence-electron chi connectivity index (χ0n) is 13.3. The van der Waals surface area contributed by atoms with Gasteiger partial charge in [-0.3, -0.25) is 4.98 Å². The first-order valence-corrected chi connectivity index (χ1v) is 7.69. The third-order valence-corrected chi connectivity index (χ3v) is 3.33. The molecule has 0 aliphatic rings. The lowest BCUT2D eigenvalue weighted by molar-refractivity contribution is 0.281. The first-order chi connectivity index (χ1) is 11.7. The van der Waals surface area contributed by atoms with E-state index in [0.29, 0.717) is 24.0 Å². The quantitative estimate of drug-likeness (QED) is 0.614. The summed E-state index contributed by atoms with van der Waals surface area (Å²) in [5, 5.41) is 15.5. The molecule has 1 atom stereocenters. The van der Waals surface area contributed by atoms with Crippen molar-refractivity contribution in [2.75, 3.05) is 17.2 Å². The lowest BCUT2D eigenvalue weighted by atomic mass is 10.2. The molecule has 7 nitrogen and oxygen atoms in total. The molecule has 0 radical (unpaired) electrons. The molecule has 0 aromatic carbocycles. The van der Waals surface area contributed by atoms with Crippen LogP contribution in [0.1, 0.15) is 12.7 Å². The third kappa shape index (κ3) is 4.08. The molecule has 3 heterocycles. The van der Waals surface area contributed by atoms with Crippen LogP contribution >= 0.6 is 0 Å². The van der Waals surface area contributed by atoms with Crippen LogP contribution in [0.2, 0.25) is 0 Å². The molecule has 3 N–H and O–H groups in total. The number of furan rings is 1. The van der Waals surface area contributed by atoms with Crippen LogP contribution in [0.3, 0.4) is 0 Å². The molecule has 0 aliphatic heterocycles. The summed E-state index contributed by atoms with van der Waals surface area (Å²) in [4.78, 5) is 13.2. The maximum Gasteiger partial charge on any atom is 0.225 e. The second-order valence-corrected chi connectivity index (χ2v) is 5.34. The molecule has 0 saturated carbocycles. The fourth-order valence-corrected chi connectivity index (χ4v) is 2.10. The number of aromatic nitrogens is 3. The van der Waals surface area contributed by atoms with Gasteiger partial charge in [0.25, 0.3) is 0 Å². The normalized spacial score (nSPS) is 11.9. The summed E-state index contributed by atoms with van der Waals surface area (Å²) in [6.45, 7) is 2.36. The minimum atomic E-state index is -0.151. The van der Waals surface area contributed by atoms with E-state index in [2.05, 4.69) is 25.6 Å². The Balaban J connectivity index is 1.87. The summed E-state index contributed by atoms with van der Waals surface area (Å²) < 4.78 is 5.32. The van der Waals surface area contributed by atoms with Crippen LogP contribution in [0.25, 0.3) is 11.4 Å². The van der Waals surface area contributed by atoms with Crippen LogP contribution in [0.5, 0.6) is 0 Å².